The molecule has 3 aromatic carbocycles. The van der Waals surface area contributed by atoms with Crippen molar-refractivity contribution in [1.82, 2.24) is 9.97 Å². The van der Waals surface area contributed by atoms with Crippen molar-refractivity contribution in [2.75, 3.05) is 5.32 Å². The highest BCUT2D eigenvalue weighted by molar-refractivity contribution is 7.22. The molecule has 0 saturated carbocycles. The minimum Gasteiger partial charge on any atom is -0.332 e. The second-order valence-corrected chi connectivity index (χ2v) is 8.56. The van der Waals surface area contributed by atoms with E-state index in [2.05, 4.69) is 52.1 Å². The Balaban J connectivity index is 1.36. The number of thiazole rings is 2. The van der Waals surface area contributed by atoms with E-state index in [4.69, 9.17) is 16.6 Å². The number of hydrogen-bond donors (Lipinski definition) is 1. The lowest BCUT2D eigenvalue weighted by atomic mass is 10.1. The second-order valence-electron chi connectivity index (χ2n) is 6.24. The Hall–Kier alpha value is -2.73. The van der Waals surface area contributed by atoms with Gasteiger partial charge in [-0.25, -0.2) is 9.97 Å². The van der Waals surface area contributed by atoms with E-state index in [1.165, 1.54) is 0 Å². The molecule has 0 bridgehead atoms. The highest BCUT2D eigenvalue weighted by Gasteiger charge is 2.08. The van der Waals surface area contributed by atoms with Crippen molar-refractivity contribution in [3.63, 3.8) is 0 Å². The van der Waals surface area contributed by atoms with Gasteiger partial charge in [0.15, 0.2) is 5.13 Å². The molecule has 0 aliphatic rings. The number of benzene rings is 3. The van der Waals surface area contributed by atoms with Crippen molar-refractivity contribution in [2.24, 2.45) is 0 Å². The van der Waals surface area contributed by atoms with Crippen molar-refractivity contribution in [2.45, 2.75) is 0 Å². The second kappa shape index (κ2) is 7.36. The van der Waals surface area contributed by atoms with Gasteiger partial charge >= 0.3 is 0 Å². The summed E-state index contributed by atoms with van der Waals surface area (Å²) in [6.07, 6.45) is 0. The monoisotopic (exact) mass is 419 g/mol. The number of hydrogen-bond acceptors (Lipinski definition) is 5. The molecule has 0 radical (unpaired) electrons. The molecule has 5 aromatic rings. The highest BCUT2D eigenvalue weighted by atomic mass is 35.5. The van der Waals surface area contributed by atoms with E-state index in [0.717, 1.165) is 47.9 Å². The van der Waals surface area contributed by atoms with E-state index in [1.807, 2.05) is 36.4 Å². The number of aromatic nitrogens is 2. The summed E-state index contributed by atoms with van der Waals surface area (Å²) in [6, 6.07) is 24.3. The molecule has 6 heteroatoms. The zero-order valence-corrected chi connectivity index (χ0v) is 17.0. The van der Waals surface area contributed by atoms with Gasteiger partial charge in [0.05, 0.1) is 15.9 Å². The number of nitrogens with one attached hydrogen (secondary N) is 1. The molecule has 1 N–H and O–H groups in total. The van der Waals surface area contributed by atoms with E-state index in [9.17, 15) is 0 Å². The maximum absolute atomic E-state index is 6.06. The third-order valence-electron chi connectivity index (χ3n) is 4.31. The third kappa shape index (κ3) is 3.52. The Morgan fingerprint density at radius 3 is 2.46 bits per heavy atom. The summed E-state index contributed by atoms with van der Waals surface area (Å²) in [6.45, 7) is 0. The SMILES string of the molecule is Clc1ccc2nc(Nc3ccc(-c4csc(-c5ccccc5)n4)cc3)sc2c1. The van der Waals surface area contributed by atoms with Gasteiger partial charge in [0, 0.05) is 27.2 Å². The summed E-state index contributed by atoms with van der Waals surface area (Å²) in [5.74, 6) is 0. The van der Waals surface area contributed by atoms with Gasteiger partial charge in [0.1, 0.15) is 5.01 Å². The first-order chi connectivity index (χ1) is 13.7. The first kappa shape index (κ1) is 17.4. The molecule has 5 rings (SSSR count). The van der Waals surface area contributed by atoms with Crippen LogP contribution in [0.25, 0.3) is 32.0 Å². The maximum atomic E-state index is 6.06. The first-order valence-electron chi connectivity index (χ1n) is 8.69. The molecule has 2 aromatic heterocycles. The predicted octanol–water partition coefficient (Wildman–Crippen LogP) is 7.48. The van der Waals surface area contributed by atoms with E-state index < -0.39 is 0 Å². The molecule has 0 fully saturated rings. The van der Waals surface area contributed by atoms with Gasteiger partial charge in [-0.3, -0.25) is 0 Å². The largest absolute Gasteiger partial charge is 0.332 e. The fraction of sp³-hybridized carbons (Fsp3) is 0. The average Bonchev–Trinajstić information content (AvgIpc) is 3.36. The predicted molar refractivity (Wildman–Crippen MR) is 121 cm³/mol. The zero-order chi connectivity index (χ0) is 18.9. The fourth-order valence-corrected chi connectivity index (χ4v) is 4.92. The fourth-order valence-electron chi connectivity index (χ4n) is 2.92. The van der Waals surface area contributed by atoms with Crippen LogP contribution in [0.2, 0.25) is 5.02 Å². The highest BCUT2D eigenvalue weighted by Crippen LogP contribution is 2.32. The van der Waals surface area contributed by atoms with Crippen molar-refractivity contribution in [3.8, 4) is 21.8 Å². The van der Waals surface area contributed by atoms with Gasteiger partial charge in [-0.15, -0.1) is 11.3 Å². The molecule has 0 atom stereocenters. The van der Waals surface area contributed by atoms with Crippen molar-refractivity contribution >= 4 is 55.3 Å². The standard InChI is InChI=1S/C22H14ClN3S2/c23-16-8-11-18-20(12-16)28-22(26-18)24-17-9-6-14(7-10-17)19-13-27-21(25-19)15-4-2-1-3-5-15/h1-13H,(H,24,26). The Labute approximate surface area is 175 Å². The van der Waals surface area contributed by atoms with Crippen LogP contribution in [0.5, 0.6) is 0 Å². The van der Waals surface area contributed by atoms with Crippen molar-refractivity contribution in [1.29, 1.82) is 0 Å². The summed E-state index contributed by atoms with van der Waals surface area (Å²) in [7, 11) is 0. The van der Waals surface area contributed by atoms with Gasteiger partial charge in [-0.05, 0) is 30.3 Å². The molecule has 0 aliphatic heterocycles. The summed E-state index contributed by atoms with van der Waals surface area (Å²) in [5, 5.41) is 8.08. The van der Waals surface area contributed by atoms with Crippen molar-refractivity contribution in [3.05, 3.63) is 83.2 Å². The summed E-state index contributed by atoms with van der Waals surface area (Å²) >= 11 is 9.31. The molecule has 3 nitrogen and oxygen atoms in total. The Bertz CT molecular complexity index is 1240. The van der Waals surface area contributed by atoms with Crippen LogP contribution in [0.1, 0.15) is 0 Å². The van der Waals surface area contributed by atoms with Gasteiger partial charge in [0.2, 0.25) is 0 Å². The smallest absolute Gasteiger partial charge is 0.188 e. The molecular formula is C22H14ClN3S2. The minimum absolute atomic E-state index is 0.727. The van der Waals surface area contributed by atoms with Crippen LogP contribution in [0.15, 0.2) is 78.2 Å². The van der Waals surface area contributed by atoms with Gasteiger partial charge in [0.25, 0.3) is 0 Å². The normalized spacial score (nSPS) is 11.0. The lowest BCUT2D eigenvalue weighted by molar-refractivity contribution is 1.40. The van der Waals surface area contributed by atoms with Crippen LogP contribution in [0.4, 0.5) is 10.8 Å². The van der Waals surface area contributed by atoms with E-state index in [-0.39, 0.29) is 0 Å². The molecule has 136 valence electrons. The number of rotatable bonds is 4. The lowest BCUT2D eigenvalue weighted by Gasteiger charge is -2.03. The van der Waals surface area contributed by atoms with E-state index in [1.54, 1.807) is 22.7 Å². The summed E-state index contributed by atoms with van der Waals surface area (Å²) < 4.78 is 1.07. The van der Waals surface area contributed by atoms with Crippen LogP contribution in [-0.4, -0.2) is 9.97 Å². The summed E-state index contributed by atoms with van der Waals surface area (Å²) in [5.41, 5.74) is 5.18. The van der Waals surface area contributed by atoms with Gasteiger partial charge in [-0.2, -0.15) is 0 Å². The molecule has 28 heavy (non-hydrogen) atoms. The quantitative estimate of drug-likeness (QED) is 0.328. The lowest BCUT2D eigenvalue weighted by Crippen LogP contribution is -1.89. The average molecular weight is 420 g/mol. The molecule has 0 aliphatic carbocycles. The minimum atomic E-state index is 0.727. The van der Waals surface area contributed by atoms with Gasteiger partial charge in [-0.1, -0.05) is 65.4 Å². The van der Waals surface area contributed by atoms with Crippen LogP contribution in [-0.2, 0) is 0 Å². The Morgan fingerprint density at radius 1 is 0.821 bits per heavy atom. The van der Waals surface area contributed by atoms with Crippen LogP contribution in [0.3, 0.4) is 0 Å². The number of fused-ring (bicyclic) bond motifs is 1. The topological polar surface area (TPSA) is 37.8 Å². The van der Waals surface area contributed by atoms with E-state index in [0.29, 0.717) is 0 Å². The van der Waals surface area contributed by atoms with Crippen LogP contribution in [0, 0.1) is 0 Å². The van der Waals surface area contributed by atoms with Crippen molar-refractivity contribution < 1.29 is 0 Å². The third-order valence-corrected chi connectivity index (χ3v) is 6.37. The molecule has 0 saturated heterocycles. The summed E-state index contributed by atoms with van der Waals surface area (Å²) in [4.78, 5) is 9.38. The van der Waals surface area contributed by atoms with E-state index >= 15 is 0 Å². The number of anilines is 2. The zero-order valence-electron chi connectivity index (χ0n) is 14.6. The van der Waals surface area contributed by atoms with Gasteiger partial charge < -0.3 is 5.32 Å². The Kier molecular flexibility index (Phi) is 4.56. The molecule has 2 heterocycles. The number of nitrogens with zero attached hydrogens (tertiary/aromatic N) is 2. The molecule has 0 spiro atoms. The molecular weight excluding hydrogens is 406 g/mol. The first-order valence-corrected chi connectivity index (χ1v) is 10.8. The van der Waals surface area contributed by atoms with Crippen LogP contribution < -0.4 is 5.32 Å². The molecule has 0 unspecified atom stereocenters. The maximum Gasteiger partial charge on any atom is 0.188 e. The number of halogens is 1. The molecule has 0 amide bonds. The van der Waals surface area contributed by atoms with Crippen LogP contribution >= 0.6 is 34.3 Å². The Morgan fingerprint density at radius 2 is 1.64 bits per heavy atom.